The fourth-order valence-corrected chi connectivity index (χ4v) is 4.74. The van der Waals surface area contributed by atoms with E-state index in [9.17, 15) is 4.79 Å². The summed E-state index contributed by atoms with van der Waals surface area (Å²) in [4.78, 5) is 14.7. The predicted octanol–water partition coefficient (Wildman–Crippen LogP) is 4.82. The Morgan fingerprint density at radius 2 is 2.00 bits per heavy atom. The van der Waals surface area contributed by atoms with Gasteiger partial charge in [-0.3, -0.25) is 4.79 Å². The normalized spacial score (nSPS) is 11.7. The second-order valence-corrected chi connectivity index (χ2v) is 8.89. The van der Waals surface area contributed by atoms with Crippen molar-refractivity contribution in [3.63, 3.8) is 0 Å². The molecule has 0 saturated carbocycles. The van der Waals surface area contributed by atoms with Crippen LogP contribution in [-0.4, -0.2) is 39.9 Å². The van der Waals surface area contributed by atoms with E-state index in [1.807, 2.05) is 73.3 Å². The molecule has 0 aliphatic rings. The molecule has 6 nitrogen and oxygen atoms in total. The lowest BCUT2D eigenvalue weighted by atomic mass is 10.2. The second-order valence-electron chi connectivity index (χ2n) is 6.33. The second kappa shape index (κ2) is 10.3. The van der Waals surface area contributed by atoms with Gasteiger partial charge >= 0.3 is 0 Å². The van der Waals surface area contributed by atoms with Crippen LogP contribution >= 0.6 is 23.1 Å². The number of amides is 1. The maximum absolute atomic E-state index is 12.9. The Morgan fingerprint density at radius 1 is 1.21 bits per heavy atom. The molecule has 2 aromatic carbocycles. The summed E-state index contributed by atoms with van der Waals surface area (Å²) in [6.07, 6.45) is 0. The first-order valence-corrected chi connectivity index (χ1v) is 11.0. The molecule has 29 heavy (non-hydrogen) atoms. The van der Waals surface area contributed by atoms with Crippen LogP contribution in [0.5, 0.6) is 5.75 Å². The Kier molecular flexibility index (Phi) is 7.48. The number of carbonyl (C=O) groups excluding carboxylic acids is 1. The van der Waals surface area contributed by atoms with Crippen molar-refractivity contribution in [1.82, 2.24) is 15.1 Å². The fraction of sp³-hybridized carbons (Fsp3) is 0.286. The Bertz CT molecular complexity index is 933. The number of hydrogen-bond acceptors (Lipinski definition) is 7. The number of carbonyl (C=O) groups is 1. The number of methoxy groups -OCH3 is 1. The smallest absolute Gasteiger partial charge is 0.236 e. The van der Waals surface area contributed by atoms with E-state index in [1.54, 1.807) is 7.11 Å². The summed E-state index contributed by atoms with van der Waals surface area (Å²) < 4.78 is 5.99. The molecule has 152 valence electrons. The molecule has 3 aromatic rings. The zero-order chi connectivity index (χ0) is 20.6. The Morgan fingerprint density at radius 3 is 2.72 bits per heavy atom. The molecule has 3 rings (SSSR count). The molecule has 0 radical (unpaired) electrons. The van der Waals surface area contributed by atoms with E-state index in [0.717, 1.165) is 21.3 Å². The quantitative estimate of drug-likeness (QED) is 0.493. The van der Waals surface area contributed by atoms with Gasteiger partial charge in [-0.2, -0.15) is 0 Å². The number of anilines is 2. The number of aromatic nitrogens is 2. The molecule has 1 heterocycles. The first kappa shape index (κ1) is 21.1. The van der Waals surface area contributed by atoms with Crippen LogP contribution in [0.4, 0.5) is 10.8 Å². The molecule has 1 amide bonds. The summed E-state index contributed by atoms with van der Waals surface area (Å²) in [6, 6.07) is 17.7. The standard InChI is InChI=1S/C21H24N4O2S2/c1-4-25(14-16-9-6-5-7-10-16)19(26)15(2)28-21-24-23-20(29-21)22-17-11-8-12-18(13-17)27-3/h5-13,15H,4,14H2,1-3H3,(H,22,23). The van der Waals surface area contributed by atoms with Crippen LogP contribution in [0.15, 0.2) is 58.9 Å². The van der Waals surface area contributed by atoms with Gasteiger partial charge in [-0.1, -0.05) is 59.5 Å². The van der Waals surface area contributed by atoms with E-state index >= 15 is 0 Å². The lowest BCUT2D eigenvalue weighted by Gasteiger charge is -2.23. The highest BCUT2D eigenvalue weighted by Gasteiger charge is 2.22. The predicted molar refractivity (Wildman–Crippen MR) is 119 cm³/mol. The van der Waals surface area contributed by atoms with E-state index in [-0.39, 0.29) is 11.2 Å². The van der Waals surface area contributed by atoms with Gasteiger partial charge in [0.15, 0.2) is 4.34 Å². The lowest BCUT2D eigenvalue weighted by molar-refractivity contribution is -0.130. The van der Waals surface area contributed by atoms with Crippen LogP contribution in [-0.2, 0) is 11.3 Å². The van der Waals surface area contributed by atoms with Gasteiger partial charge in [0.1, 0.15) is 5.75 Å². The van der Waals surface area contributed by atoms with Crippen molar-refractivity contribution >= 4 is 39.8 Å². The van der Waals surface area contributed by atoms with Gasteiger partial charge < -0.3 is 15.0 Å². The molecule has 8 heteroatoms. The average molecular weight is 429 g/mol. The lowest BCUT2D eigenvalue weighted by Crippen LogP contribution is -2.35. The maximum atomic E-state index is 12.9. The molecule has 1 atom stereocenters. The molecule has 0 aliphatic heterocycles. The Balaban J connectivity index is 1.59. The van der Waals surface area contributed by atoms with E-state index in [0.29, 0.717) is 18.2 Å². The van der Waals surface area contributed by atoms with Gasteiger partial charge in [0, 0.05) is 24.8 Å². The van der Waals surface area contributed by atoms with Crippen molar-refractivity contribution in [3.8, 4) is 5.75 Å². The summed E-state index contributed by atoms with van der Waals surface area (Å²) in [6.45, 7) is 5.19. The minimum Gasteiger partial charge on any atom is -0.497 e. The van der Waals surface area contributed by atoms with Crippen molar-refractivity contribution in [2.45, 2.75) is 30.0 Å². The van der Waals surface area contributed by atoms with Crippen LogP contribution in [0.2, 0.25) is 0 Å². The van der Waals surface area contributed by atoms with E-state index < -0.39 is 0 Å². The van der Waals surface area contributed by atoms with Crippen LogP contribution < -0.4 is 10.1 Å². The fourth-order valence-electron chi connectivity index (χ4n) is 2.74. The van der Waals surface area contributed by atoms with Crippen LogP contribution in [0.3, 0.4) is 0 Å². The first-order valence-electron chi connectivity index (χ1n) is 9.33. The minimum atomic E-state index is -0.240. The highest BCUT2D eigenvalue weighted by Crippen LogP contribution is 2.31. The highest BCUT2D eigenvalue weighted by molar-refractivity contribution is 8.02. The molecule has 1 N–H and O–H groups in total. The number of nitrogens with zero attached hydrogens (tertiary/aromatic N) is 3. The number of thioether (sulfide) groups is 1. The van der Waals surface area contributed by atoms with Gasteiger partial charge in [0.25, 0.3) is 0 Å². The summed E-state index contributed by atoms with van der Waals surface area (Å²) >= 11 is 2.86. The van der Waals surface area contributed by atoms with Crippen LogP contribution in [0.1, 0.15) is 19.4 Å². The van der Waals surface area contributed by atoms with Gasteiger partial charge in [0.2, 0.25) is 11.0 Å². The van der Waals surface area contributed by atoms with Crippen LogP contribution in [0, 0.1) is 0 Å². The number of benzene rings is 2. The summed E-state index contributed by atoms with van der Waals surface area (Å²) in [5.74, 6) is 0.866. The van der Waals surface area contributed by atoms with E-state index in [4.69, 9.17) is 4.74 Å². The molecule has 0 bridgehead atoms. The van der Waals surface area contributed by atoms with E-state index in [2.05, 4.69) is 15.5 Å². The molecular weight excluding hydrogens is 404 g/mol. The van der Waals surface area contributed by atoms with Gasteiger partial charge in [-0.15, -0.1) is 10.2 Å². The van der Waals surface area contributed by atoms with Crippen molar-refractivity contribution in [3.05, 3.63) is 60.2 Å². The molecule has 1 unspecified atom stereocenters. The number of hydrogen-bond donors (Lipinski definition) is 1. The third-order valence-corrected chi connectivity index (χ3v) is 6.27. The SMILES string of the molecule is CCN(Cc1ccccc1)C(=O)C(C)Sc1nnc(Nc2cccc(OC)c2)s1. The topological polar surface area (TPSA) is 67.4 Å². The zero-order valence-corrected chi connectivity index (χ0v) is 18.3. The molecule has 0 saturated heterocycles. The first-order chi connectivity index (χ1) is 14.1. The molecule has 0 aliphatic carbocycles. The van der Waals surface area contributed by atoms with Gasteiger partial charge in [0.05, 0.1) is 12.4 Å². The summed E-state index contributed by atoms with van der Waals surface area (Å²) in [5, 5.41) is 12.1. The van der Waals surface area contributed by atoms with Gasteiger partial charge in [-0.25, -0.2) is 0 Å². The van der Waals surface area contributed by atoms with Crippen molar-refractivity contribution < 1.29 is 9.53 Å². The van der Waals surface area contributed by atoms with Crippen LogP contribution in [0.25, 0.3) is 0 Å². The molecular formula is C21H24N4O2S2. The molecule has 1 aromatic heterocycles. The largest absolute Gasteiger partial charge is 0.497 e. The van der Waals surface area contributed by atoms with Crippen molar-refractivity contribution in [1.29, 1.82) is 0 Å². The number of rotatable bonds is 9. The Labute approximate surface area is 179 Å². The third kappa shape index (κ3) is 5.95. The van der Waals surface area contributed by atoms with E-state index in [1.165, 1.54) is 23.1 Å². The monoisotopic (exact) mass is 428 g/mol. The number of nitrogens with one attached hydrogen (secondary N) is 1. The Hall–Kier alpha value is -2.58. The average Bonchev–Trinajstić information content (AvgIpc) is 3.18. The maximum Gasteiger partial charge on any atom is 0.236 e. The third-order valence-electron chi connectivity index (χ3n) is 4.26. The van der Waals surface area contributed by atoms with Crippen molar-refractivity contribution in [2.24, 2.45) is 0 Å². The summed E-state index contributed by atoms with van der Waals surface area (Å²) in [7, 11) is 1.63. The summed E-state index contributed by atoms with van der Waals surface area (Å²) in [5.41, 5.74) is 2.00. The highest BCUT2D eigenvalue weighted by atomic mass is 32.2. The van der Waals surface area contributed by atoms with Gasteiger partial charge in [-0.05, 0) is 31.5 Å². The van der Waals surface area contributed by atoms with Crippen molar-refractivity contribution in [2.75, 3.05) is 19.0 Å². The zero-order valence-electron chi connectivity index (χ0n) is 16.7. The minimum absolute atomic E-state index is 0.0962. The molecule has 0 fully saturated rings. The molecule has 0 spiro atoms. The number of ether oxygens (including phenoxy) is 1.